The summed E-state index contributed by atoms with van der Waals surface area (Å²) in [5.41, 5.74) is 0.959. The van der Waals surface area contributed by atoms with Crippen LogP contribution < -0.4 is 5.32 Å². The lowest BCUT2D eigenvalue weighted by atomic mass is 9.78. The van der Waals surface area contributed by atoms with Gasteiger partial charge in [-0.1, -0.05) is 30.3 Å². The van der Waals surface area contributed by atoms with Gasteiger partial charge < -0.3 is 14.8 Å². The van der Waals surface area contributed by atoms with Crippen LogP contribution >= 0.6 is 0 Å². The maximum absolute atomic E-state index is 6.27. The van der Waals surface area contributed by atoms with Crippen LogP contribution in [-0.4, -0.2) is 31.4 Å². The summed E-state index contributed by atoms with van der Waals surface area (Å²) in [5, 5.41) is 3.48. The fourth-order valence-electron chi connectivity index (χ4n) is 3.86. The smallest absolute Gasteiger partial charge is 0.0977 e. The van der Waals surface area contributed by atoms with Crippen molar-refractivity contribution < 1.29 is 9.47 Å². The highest BCUT2D eigenvalue weighted by Gasteiger charge is 2.50. The Labute approximate surface area is 129 Å². The molecule has 1 aliphatic rings. The Bertz CT molecular complexity index is 456. The summed E-state index contributed by atoms with van der Waals surface area (Å²) >= 11 is 0. The van der Waals surface area contributed by atoms with Crippen LogP contribution in [0.5, 0.6) is 0 Å². The molecule has 1 heterocycles. The Balaban J connectivity index is 2.30. The zero-order valence-corrected chi connectivity index (χ0v) is 14.1. The van der Waals surface area contributed by atoms with E-state index in [1.165, 1.54) is 5.56 Å². The van der Waals surface area contributed by atoms with Crippen molar-refractivity contribution in [1.29, 1.82) is 0 Å². The molecule has 1 aromatic rings. The summed E-state index contributed by atoms with van der Waals surface area (Å²) < 4.78 is 12.1. The van der Waals surface area contributed by atoms with Crippen molar-refractivity contribution in [2.45, 2.75) is 57.5 Å². The second-order valence-corrected chi connectivity index (χ2v) is 7.16. The molecule has 2 rings (SSSR count). The fourth-order valence-corrected chi connectivity index (χ4v) is 3.86. The van der Waals surface area contributed by atoms with E-state index < -0.39 is 0 Å². The van der Waals surface area contributed by atoms with Gasteiger partial charge in [-0.2, -0.15) is 0 Å². The Morgan fingerprint density at radius 1 is 1.19 bits per heavy atom. The summed E-state index contributed by atoms with van der Waals surface area (Å²) in [6.07, 6.45) is 1.05. The summed E-state index contributed by atoms with van der Waals surface area (Å²) in [6.45, 7) is 8.72. The predicted molar refractivity (Wildman–Crippen MR) is 86.4 cm³/mol. The number of nitrogens with one attached hydrogen (secondary N) is 1. The van der Waals surface area contributed by atoms with Crippen LogP contribution in [0.15, 0.2) is 30.3 Å². The average Bonchev–Trinajstić information content (AvgIpc) is 2.64. The number of hydrogen-bond acceptors (Lipinski definition) is 3. The topological polar surface area (TPSA) is 30.5 Å². The zero-order valence-electron chi connectivity index (χ0n) is 14.1. The highest BCUT2D eigenvalue weighted by atomic mass is 16.5. The molecule has 1 aromatic carbocycles. The van der Waals surface area contributed by atoms with E-state index in [4.69, 9.17) is 9.47 Å². The van der Waals surface area contributed by atoms with E-state index in [9.17, 15) is 0 Å². The van der Waals surface area contributed by atoms with Gasteiger partial charge in [0.15, 0.2) is 0 Å². The third-order valence-electron chi connectivity index (χ3n) is 4.62. The lowest BCUT2D eigenvalue weighted by Gasteiger charge is -2.37. The molecule has 0 radical (unpaired) electrons. The molecule has 1 N–H and O–H groups in total. The number of methoxy groups -OCH3 is 1. The van der Waals surface area contributed by atoms with E-state index in [0.29, 0.717) is 5.92 Å². The first-order valence-corrected chi connectivity index (χ1v) is 7.76. The number of likely N-dealkylation sites (N-methyl/N-ethyl adjacent to an activating group) is 1. The third-order valence-corrected chi connectivity index (χ3v) is 4.62. The molecule has 3 heteroatoms. The van der Waals surface area contributed by atoms with E-state index in [-0.39, 0.29) is 23.3 Å². The summed E-state index contributed by atoms with van der Waals surface area (Å²) in [6, 6.07) is 10.6. The second-order valence-electron chi connectivity index (χ2n) is 7.16. The molecule has 21 heavy (non-hydrogen) atoms. The van der Waals surface area contributed by atoms with Gasteiger partial charge in [-0.15, -0.1) is 0 Å². The van der Waals surface area contributed by atoms with Gasteiger partial charge in [0.05, 0.1) is 17.3 Å². The Kier molecular flexibility index (Phi) is 4.76. The van der Waals surface area contributed by atoms with Gasteiger partial charge >= 0.3 is 0 Å². The van der Waals surface area contributed by atoms with Crippen molar-refractivity contribution in [3.63, 3.8) is 0 Å². The number of rotatable bonds is 5. The van der Waals surface area contributed by atoms with Crippen molar-refractivity contribution in [1.82, 2.24) is 5.32 Å². The van der Waals surface area contributed by atoms with Gasteiger partial charge in [-0.25, -0.2) is 0 Å². The minimum atomic E-state index is -0.164. The van der Waals surface area contributed by atoms with Crippen LogP contribution in [0.1, 0.15) is 45.8 Å². The van der Waals surface area contributed by atoms with Gasteiger partial charge in [-0.05, 0) is 46.7 Å². The minimum absolute atomic E-state index is 0.0259. The van der Waals surface area contributed by atoms with Crippen molar-refractivity contribution in [2.75, 3.05) is 14.2 Å². The molecular formula is C18H29NO2. The largest absolute Gasteiger partial charge is 0.375 e. The molecule has 3 nitrogen and oxygen atoms in total. The van der Waals surface area contributed by atoms with Crippen LogP contribution in [-0.2, 0) is 9.47 Å². The third kappa shape index (κ3) is 3.47. The second kappa shape index (κ2) is 6.07. The van der Waals surface area contributed by atoms with E-state index in [1.807, 2.05) is 13.1 Å². The number of ether oxygens (including phenoxy) is 2. The lowest BCUT2D eigenvalue weighted by Crippen LogP contribution is -2.46. The molecule has 0 spiro atoms. The molecule has 0 bridgehead atoms. The van der Waals surface area contributed by atoms with Gasteiger partial charge in [0.1, 0.15) is 0 Å². The maximum Gasteiger partial charge on any atom is 0.0977 e. The highest BCUT2D eigenvalue weighted by Crippen LogP contribution is 2.46. The predicted octanol–water partition coefficient (Wildman–Crippen LogP) is 3.56. The molecular weight excluding hydrogens is 262 g/mol. The standard InChI is InChI=1S/C18H29NO2/c1-17(2)12-14(18(3,4)21-17)15(19-5)16(20-6)13-10-8-7-9-11-13/h7-11,14-16,19H,12H2,1-6H3. The molecule has 0 amide bonds. The monoisotopic (exact) mass is 291 g/mol. The Hall–Kier alpha value is -0.900. The van der Waals surface area contributed by atoms with Gasteiger partial charge in [0.25, 0.3) is 0 Å². The van der Waals surface area contributed by atoms with E-state index >= 15 is 0 Å². The van der Waals surface area contributed by atoms with Crippen molar-refractivity contribution in [3.05, 3.63) is 35.9 Å². The van der Waals surface area contributed by atoms with Crippen LogP contribution in [0.3, 0.4) is 0 Å². The molecule has 1 fully saturated rings. The van der Waals surface area contributed by atoms with Gasteiger partial charge in [0, 0.05) is 19.1 Å². The Morgan fingerprint density at radius 3 is 2.24 bits per heavy atom. The van der Waals surface area contributed by atoms with Crippen molar-refractivity contribution >= 4 is 0 Å². The van der Waals surface area contributed by atoms with Crippen molar-refractivity contribution in [2.24, 2.45) is 5.92 Å². The van der Waals surface area contributed by atoms with Crippen LogP contribution in [0.4, 0.5) is 0 Å². The highest BCUT2D eigenvalue weighted by molar-refractivity contribution is 5.20. The first kappa shape index (κ1) is 16.5. The molecule has 1 aliphatic heterocycles. The van der Waals surface area contributed by atoms with Crippen LogP contribution in [0.2, 0.25) is 0 Å². The summed E-state index contributed by atoms with van der Waals surface area (Å²) in [7, 11) is 3.80. The SMILES string of the molecule is CNC(C(OC)c1ccccc1)C1CC(C)(C)OC1(C)C. The van der Waals surface area contributed by atoms with E-state index in [2.05, 4.69) is 57.3 Å². The normalized spacial score (nSPS) is 26.5. The lowest BCUT2D eigenvalue weighted by molar-refractivity contribution is -0.0841. The van der Waals surface area contributed by atoms with E-state index in [0.717, 1.165) is 6.42 Å². The van der Waals surface area contributed by atoms with Crippen molar-refractivity contribution in [3.8, 4) is 0 Å². The number of hydrogen-bond donors (Lipinski definition) is 1. The molecule has 0 aromatic heterocycles. The van der Waals surface area contributed by atoms with Crippen LogP contribution in [0, 0.1) is 5.92 Å². The Morgan fingerprint density at radius 2 is 1.81 bits per heavy atom. The summed E-state index contributed by atoms with van der Waals surface area (Å²) in [4.78, 5) is 0. The fraction of sp³-hybridized carbons (Fsp3) is 0.667. The molecule has 0 aliphatic carbocycles. The molecule has 3 atom stereocenters. The number of benzene rings is 1. The average molecular weight is 291 g/mol. The summed E-state index contributed by atoms with van der Waals surface area (Å²) in [5.74, 6) is 0.391. The molecule has 118 valence electrons. The molecule has 3 unspecified atom stereocenters. The van der Waals surface area contributed by atoms with Gasteiger partial charge in [0.2, 0.25) is 0 Å². The molecule has 1 saturated heterocycles. The minimum Gasteiger partial charge on any atom is -0.375 e. The van der Waals surface area contributed by atoms with Crippen LogP contribution in [0.25, 0.3) is 0 Å². The quantitative estimate of drug-likeness (QED) is 0.900. The first-order chi connectivity index (χ1) is 9.80. The van der Waals surface area contributed by atoms with Gasteiger partial charge in [-0.3, -0.25) is 0 Å². The maximum atomic E-state index is 6.27. The van der Waals surface area contributed by atoms with E-state index in [1.54, 1.807) is 7.11 Å². The zero-order chi connectivity index (χ0) is 15.7. The molecule has 0 saturated carbocycles. The first-order valence-electron chi connectivity index (χ1n) is 7.76.